The number of pyridine rings is 2. The minimum absolute atomic E-state index is 0.288. The molecule has 0 saturated carbocycles. The molecular formula is C9H4N4O. The first-order valence-corrected chi connectivity index (χ1v) is 4.06. The number of amides is 1. The molecule has 5 nitrogen and oxygen atoms in total. The summed E-state index contributed by atoms with van der Waals surface area (Å²) in [5.74, 6) is -0.396. The van der Waals surface area contributed by atoms with E-state index in [2.05, 4.69) is 20.2 Å². The SMILES string of the molecule is O=C1N=Nc2cc3cccnc3nc21. The van der Waals surface area contributed by atoms with E-state index >= 15 is 0 Å². The summed E-state index contributed by atoms with van der Waals surface area (Å²) in [6, 6.07) is 5.44. The van der Waals surface area contributed by atoms with Crippen LogP contribution in [-0.2, 0) is 0 Å². The summed E-state index contributed by atoms with van der Waals surface area (Å²) in [5, 5.41) is 8.00. The minimum Gasteiger partial charge on any atom is -0.263 e. The number of fused-ring (bicyclic) bond motifs is 2. The van der Waals surface area contributed by atoms with Crippen LogP contribution in [0.4, 0.5) is 5.69 Å². The van der Waals surface area contributed by atoms with E-state index in [1.165, 1.54) is 0 Å². The van der Waals surface area contributed by atoms with Crippen molar-refractivity contribution < 1.29 is 4.79 Å². The molecule has 0 fully saturated rings. The molecule has 2 aromatic rings. The van der Waals surface area contributed by atoms with Gasteiger partial charge in [-0.15, -0.1) is 10.2 Å². The number of carbonyl (C=O) groups is 1. The fourth-order valence-electron chi connectivity index (χ4n) is 1.37. The summed E-state index contributed by atoms with van der Waals surface area (Å²) < 4.78 is 0. The van der Waals surface area contributed by atoms with Crippen LogP contribution in [0.15, 0.2) is 34.6 Å². The van der Waals surface area contributed by atoms with Crippen molar-refractivity contribution in [2.45, 2.75) is 0 Å². The van der Waals surface area contributed by atoms with E-state index in [0.717, 1.165) is 5.39 Å². The van der Waals surface area contributed by atoms with Gasteiger partial charge >= 0.3 is 5.91 Å². The Kier molecular flexibility index (Phi) is 1.25. The van der Waals surface area contributed by atoms with Crippen LogP contribution in [0.1, 0.15) is 10.5 Å². The predicted octanol–water partition coefficient (Wildman–Crippen LogP) is 1.87. The smallest absolute Gasteiger partial charge is 0.263 e. The molecule has 1 aliphatic rings. The van der Waals surface area contributed by atoms with Crippen LogP contribution in [-0.4, -0.2) is 15.9 Å². The van der Waals surface area contributed by atoms with Crippen molar-refractivity contribution in [3.63, 3.8) is 0 Å². The number of rotatable bonds is 0. The Morgan fingerprint density at radius 2 is 2.14 bits per heavy atom. The van der Waals surface area contributed by atoms with Gasteiger partial charge in [0.15, 0.2) is 11.3 Å². The average molecular weight is 184 g/mol. The van der Waals surface area contributed by atoms with Crippen LogP contribution >= 0.6 is 0 Å². The van der Waals surface area contributed by atoms with Gasteiger partial charge in [0.25, 0.3) is 0 Å². The van der Waals surface area contributed by atoms with E-state index < -0.39 is 5.91 Å². The Hall–Kier alpha value is -2.17. The molecule has 2 aromatic heterocycles. The molecule has 3 rings (SSSR count). The van der Waals surface area contributed by atoms with Gasteiger partial charge in [0.05, 0.1) is 0 Å². The topological polar surface area (TPSA) is 67.6 Å². The normalized spacial score (nSPS) is 13.6. The summed E-state index contributed by atoms with van der Waals surface area (Å²) in [6.07, 6.45) is 1.63. The van der Waals surface area contributed by atoms with E-state index in [1.807, 2.05) is 12.1 Å². The van der Waals surface area contributed by atoms with Crippen LogP contribution < -0.4 is 0 Å². The number of azo groups is 1. The molecule has 14 heavy (non-hydrogen) atoms. The molecule has 5 heteroatoms. The monoisotopic (exact) mass is 184 g/mol. The number of carbonyl (C=O) groups excluding carboxylic acids is 1. The summed E-state index contributed by atoms with van der Waals surface area (Å²) in [4.78, 5) is 19.3. The van der Waals surface area contributed by atoms with Gasteiger partial charge in [-0.2, -0.15) is 0 Å². The zero-order valence-corrected chi connectivity index (χ0v) is 7.01. The van der Waals surface area contributed by atoms with E-state index in [9.17, 15) is 4.79 Å². The maximum atomic E-state index is 11.2. The summed E-state index contributed by atoms with van der Waals surface area (Å²) in [5.41, 5.74) is 1.36. The molecule has 3 heterocycles. The third-order valence-corrected chi connectivity index (χ3v) is 2.02. The van der Waals surface area contributed by atoms with Gasteiger partial charge < -0.3 is 0 Å². The number of hydrogen-bond acceptors (Lipinski definition) is 4. The minimum atomic E-state index is -0.396. The Morgan fingerprint density at radius 3 is 3.07 bits per heavy atom. The average Bonchev–Trinajstić information content (AvgIpc) is 2.57. The van der Waals surface area contributed by atoms with Crippen LogP contribution in [0.3, 0.4) is 0 Å². The van der Waals surface area contributed by atoms with E-state index in [-0.39, 0.29) is 5.69 Å². The lowest BCUT2D eigenvalue weighted by molar-refractivity contribution is 0.0998. The van der Waals surface area contributed by atoms with Crippen LogP contribution in [0.25, 0.3) is 11.0 Å². The van der Waals surface area contributed by atoms with Crippen molar-refractivity contribution in [3.05, 3.63) is 30.1 Å². The lowest BCUT2D eigenvalue weighted by atomic mass is 10.2. The number of aromatic nitrogens is 2. The Labute approximate surface area is 78.5 Å². The molecule has 0 aromatic carbocycles. The summed E-state index contributed by atoms with van der Waals surface area (Å²) >= 11 is 0. The predicted molar refractivity (Wildman–Crippen MR) is 48.4 cm³/mol. The first-order valence-electron chi connectivity index (χ1n) is 4.06. The number of hydrogen-bond donors (Lipinski definition) is 0. The highest BCUT2D eigenvalue weighted by atomic mass is 16.2. The van der Waals surface area contributed by atoms with Crippen LogP contribution in [0.2, 0.25) is 0 Å². The largest absolute Gasteiger partial charge is 0.316 e. The molecule has 0 saturated heterocycles. The van der Waals surface area contributed by atoms with Crippen molar-refractivity contribution in [2.24, 2.45) is 10.2 Å². The zero-order valence-electron chi connectivity index (χ0n) is 7.01. The van der Waals surface area contributed by atoms with Gasteiger partial charge in [-0.3, -0.25) is 4.79 Å². The lowest BCUT2D eigenvalue weighted by Gasteiger charge is -1.96. The van der Waals surface area contributed by atoms with E-state index in [1.54, 1.807) is 12.3 Å². The second-order valence-electron chi connectivity index (χ2n) is 2.91. The second-order valence-corrected chi connectivity index (χ2v) is 2.91. The maximum absolute atomic E-state index is 11.2. The Balaban J connectivity index is 2.42. The molecule has 0 bridgehead atoms. The summed E-state index contributed by atoms with van der Waals surface area (Å²) in [6.45, 7) is 0. The van der Waals surface area contributed by atoms with Gasteiger partial charge in [-0.25, -0.2) is 9.97 Å². The molecule has 66 valence electrons. The lowest BCUT2D eigenvalue weighted by Crippen LogP contribution is -1.95. The fraction of sp³-hybridized carbons (Fsp3) is 0. The Bertz CT molecular complexity index is 576. The van der Waals surface area contributed by atoms with Crippen molar-refractivity contribution in [1.82, 2.24) is 9.97 Å². The zero-order chi connectivity index (χ0) is 9.54. The van der Waals surface area contributed by atoms with Crippen molar-refractivity contribution in [3.8, 4) is 0 Å². The number of nitrogens with zero attached hydrogens (tertiary/aromatic N) is 4. The van der Waals surface area contributed by atoms with Crippen LogP contribution in [0, 0.1) is 0 Å². The highest BCUT2D eigenvalue weighted by Crippen LogP contribution is 2.27. The molecule has 0 radical (unpaired) electrons. The molecular weight excluding hydrogens is 180 g/mol. The van der Waals surface area contributed by atoms with Gasteiger partial charge in [-0.05, 0) is 18.2 Å². The van der Waals surface area contributed by atoms with Crippen molar-refractivity contribution >= 4 is 22.6 Å². The third-order valence-electron chi connectivity index (χ3n) is 2.02. The second kappa shape index (κ2) is 2.41. The first kappa shape index (κ1) is 7.25. The van der Waals surface area contributed by atoms with Gasteiger partial charge in [0.1, 0.15) is 5.69 Å². The molecule has 0 unspecified atom stereocenters. The molecule has 0 spiro atoms. The third kappa shape index (κ3) is 0.861. The molecule has 0 atom stereocenters. The van der Waals surface area contributed by atoms with E-state index in [0.29, 0.717) is 11.3 Å². The van der Waals surface area contributed by atoms with Gasteiger partial charge in [-0.1, -0.05) is 0 Å². The standard InChI is InChI=1S/C9H4N4O/c14-9-7-6(12-13-9)4-5-2-1-3-10-8(5)11-7/h1-4H. The van der Waals surface area contributed by atoms with Gasteiger partial charge in [0, 0.05) is 11.6 Å². The molecule has 1 aliphatic heterocycles. The molecule has 1 amide bonds. The molecule has 0 N–H and O–H groups in total. The quantitative estimate of drug-likeness (QED) is 0.627. The van der Waals surface area contributed by atoms with Gasteiger partial charge in [0.2, 0.25) is 0 Å². The summed E-state index contributed by atoms with van der Waals surface area (Å²) in [7, 11) is 0. The maximum Gasteiger partial charge on any atom is 0.316 e. The van der Waals surface area contributed by atoms with Crippen molar-refractivity contribution in [1.29, 1.82) is 0 Å². The van der Waals surface area contributed by atoms with Crippen LogP contribution in [0.5, 0.6) is 0 Å². The highest BCUT2D eigenvalue weighted by molar-refractivity contribution is 6.02. The van der Waals surface area contributed by atoms with E-state index in [4.69, 9.17) is 0 Å². The molecule has 0 aliphatic carbocycles. The Morgan fingerprint density at radius 1 is 1.21 bits per heavy atom. The fourth-order valence-corrected chi connectivity index (χ4v) is 1.37. The highest BCUT2D eigenvalue weighted by Gasteiger charge is 2.19. The first-order chi connectivity index (χ1) is 6.84. The van der Waals surface area contributed by atoms with Crippen molar-refractivity contribution in [2.75, 3.05) is 0 Å².